The van der Waals surface area contributed by atoms with E-state index >= 15 is 0 Å². The van der Waals surface area contributed by atoms with Crippen molar-refractivity contribution in [3.8, 4) is 0 Å². The Balaban J connectivity index is 1.94. The smallest absolute Gasteiger partial charge is 0.0815 e. The summed E-state index contributed by atoms with van der Waals surface area (Å²) in [6.45, 7) is 5.72. The number of hydrogen-bond acceptors (Lipinski definition) is 3. The van der Waals surface area contributed by atoms with Crippen LogP contribution >= 0.6 is 0 Å². The van der Waals surface area contributed by atoms with Crippen LogP contribution in [0.1, 0.15) is 37.6 Å². The van der Waals surface area contributed by atoms with Crippen LogP contribution < -0.4 is 5.32 Å². The van der Waals surface area contributed by atoms with Crippen LogP contribution in [-0.2, 0) is 17.9 Å². The van der Waals surface area contributed by atoms with E-state index in [-0.39, 0.29) is 0 Å². The van der Waals surface area contributed by atoms with Crippen LogP contribution in [0.2, 0.25) is 0 Å². The third-order valence-electron chi connectivity index (χ3n) is 3.42. The zero-order valence-corrected chi connectivity index (χ0v) is 12.5. The first-order chi connectivity index (χ1) is 9.72. The lowest BCUT2D eigenvalue weighted by molar-refractivity contribution is 0.185. The molecule has 0 aliphatic carbocycles. The molecule has 2 aromatic rings. The van der Waals surface area contributed by atoms with Crippen LogP contribution in [0.3, 0.4) is 0 Å². The first-order valence-corrected chi connectivity index (χ1v) is 7.08. The van der Waals surface area contributed by atoms with Crippen molar-refractivity contribution in [2.75, 3.05) is 12.4 Å². The van der Waals surface area contributed by atoms with Crippen molar-refractivity contribution in [1.29, 1.82) is 0 Å². The molecule has 0 spiro atoms. The SMILES string of the molecule is CCC(C)n1ccc(CNc2cccc(COC)c2)n1. The Labute approximate surface area is 120 Å². The van der Waals surface area contributed by atoms with Crippen molar-refractivity contribution in [3.63, 3.8) is 0 Å². The van der Waals surface area contributed by atoms with Crippen molar-refractivity contribution in [1.82, 2.24) is 9.78 Å². The largest absolute Gasteiger partial charge is 0.380 e. The maximum absolute atomic E-state index is 5.14. The summed E-state index contributed by atoms with van der Waals surface area (Å²) in [4.78, 5) is 0. The van der Waals surface area contributed by atoms with Gasteiger partial charge in [-0.2, -0.15) is 5.10 Å². The molecule has 20 heavy (non-hydrogen) atoms. The Hall–Kier alpha value is -1.81. The molecule has 108 valence electrons. The first kappa shape index (κ1) is 14.6. The molecule has 1 unspecified atom stereocenters. The number of benzene rings is 1. The van der Waals surface area contributed by atoms with Crippen molar-refractivity contribution >= 4 is 5.69 Å². The monoisotopic (exact) mass is 273 g/mol. The maximum atomic E-state index is 5.14. The molecule has 1 aromatic carbocycles. The zero-order chi connectivity index (χ0) is 14.4. The highest BCUT2D eigenvalue weighted by Gasteiger charge is 2.04. The summed E-state index contributed by atoms with van der Waals surface area (Å²) in [7, 11) is 1.71. The molecule has 4 heteroatoms. The molecule has 4 nitrogen and oxygen atoms in total. The molecule has 1 N–H and O–H groups in total. The van der Waals surface area contributed by atoms with Crippen LogP contribution in [0.15, 0.2) is 36.5 Å². The highest BCUT2D eigenvalue weighted by molar-refractivity contribution is 5.45. The molecule has 0 fully saturated rings. The Bertz CT molecular complexity index is 536. The van der Waals surface area contributed by atoms with Crippen LogP contribution in [0.5, 0.6) is 0 Å². The molecule has 1 atom stereocenters. The molecule has 0 aliphatic rings. The minimum absolute atomic E-state index is 0.453. The summed E-state index contributed by atoms with van der Waals surface area (Å²) >= 11 is 0. The molecule has 0 amide bonds. The third-order valence-corrected chi connectivity index (χ3v) is 3.42. The first-order valence-electron chi connectivity index (χ1n) is 7.08. The lowest BCUT2D eigenvalue weighted by Crippen LogP contribution is -2.06. The summed E-state index contributed by atoms with van der Waals surface area (Å²) in [5, 5.41) is 7.98. The summed E-state index contributed by atoms with van der Waals surface area (Å²) in [6.07, 6.45) is 3.14. The van der Waals surface area contributed by atoms with Gasteiger partial charge in [0.2, 0.25) is 0 Å². The van der Waals surface area contributed by atoms with Crippen LogP contribution in [0, 0.1) is 0 Å². The van der Waals surface area contributed by atoms with E-state index < -0.39 is 0 Å². The summed E-state index contributed by atoms with van der Waals surface area (Å²) < 4.78 is 7.17. The van der Waals surface area contributed by atoms with E-state index in [0.717, 1.165) is 24.3 Å². The molecule has 0 aliphatic heterocycles. The van der Waals surface area contributed by atoms with Gasteiger partial charge >= 0.3 is 0 Å². The molecule has 1 aromatic heterocycles. The van der Waals surface area contributed by atoms with Gasteiger partial charge in [0.1, 0.15) is 0 Å². The van der Waals surface area contributed by atoms with Crippen molar-refractivity contribution in [2.45, 2.75) is 39.5 Å². The molecule has 1 heterocycles. The fraction of sp³-hybridized carbons (Fsp3) is 0.438. The molecular weight excluding hydrogens is 250 g/mol. The van der Waals surface area contributed by atoms with Gasteiger partial charge in [-0.15, -0.1) is 0 Å². The molecule has 2 rings (SSSR count). The van der Waals surface area contributed by atoms with Crippen LogP contribution in [-0.4, -0.2) is 16.9 Å². The highest BCUT2D eigenvalue weighted by atomic mass is 16.5. The third kappa shape index (κ3) is 3.84. The van der Waals surface area contributed by atoms with E-state index in [4.69, 9.17) is 4.74 Å². The van der Waals surface area contributed by atoms with E-state index in [9.17, 15) is 0 Å². The number of nitrogens with zero attached hydrogens (tertiary/aromatic N) is 2. The van der Waals surface area contributed by atoms with E-state index in [1.807, 2.05) is 16.9 Å². The summed E-state index contributed by atoms with van der Waals surface area (Å²) in [5.41, 5.74) is 3.32. The van der Waals surface area contributed by atoms with E-state index in [2.05, 4.69) is 48.5 Å². The number of aromatic nitrogens is 2. The van der Waals surface area contributed by atoms with Gasteiger partial charge in [-0.25, -0.2) is 0 Å². The fourth-order valence-electron chi connectivity index (χ4n) is 2.03. The Kier molecular flexibility index (Phi) is 5.18. The molecule has 0 radical (unpaired) electrons. The predicted molar refractivity (Wildman–Crippen MR) is 81.7 cm³/mol. The number of nitrogens with one attached hydrogen (secondary N) is 1. The van der Waals surface area contributed by atoms with Gasteiger partial charge in [-0.05, 0) is 37.1 Å². The average Bonchev–Trinajstić information content (AvgIpc) is 2.94. The van der Waals surface area contributed by atoms with Gasteiger partial charge in [0.05, 0.1) is 18.8 Å². The molecule has 0 saturated heterocycles. The topological polar surface area (TPSA) is 39.1 Å². The van der Waals surface area contributed by atoms with Gasteiger partial charge in [0.15, 0.2) is 0 Å². The minimum Gasteiger partial charge on any atom is -0.380 e. The summed E-state index contributed by atoms with van der Waals surface area (Å²) in [5.74, 6) is 0. The quantitative estimate of drug-likeness (QED) is 0.837. The predicted octanol–water partition coefficient (Wildman–Crippen LogP) is 3.61. The van der Waals surface area contributed by atoms with Gasteiger partial charge in [0, 0.05) is 25.0 Å². The second-order valence-corrected chi connectivity index (χ2v) is 5.03. The summed E-state index contributed by atoms with van der Waals surface area (Å²) in [6, 6.07) is 10.8. The van der Waals surface area contributed by atoms with Crippen molar-refractivity contribution < 1.29 is 4.74 Å². The maximum Gasteiger partial charge on any atom is 0.0815 e. The molecule has 0 saturated carbocycles. The van der Waals surface area contributed by atoms with E-state index in [1.165, 1.54) is 5.56 Å². The normalized spacial score (nSPS) is 12.3. The lowest BCUT2D eigenvalue weighted by Gasteiger charge is -2.09. The standard InChI is InChI=1S/C16H23N3O/c1-4-13(2)19-9-8-16(18-19)11-17-15-7-5-6-14(10-15)12-20-3/h5-10,13,17H,4,11-12H2,1-3H3. The number of anilines is 1. The second kappa shape index (κ2) is 7.10. The number of rotatable bonds is 7. The van der Waals surface area contributed by atoms with Gasteiger partial charge in [-0.3, -0.25) is 4.68 Å². The Morgan fingerprint density at radius 1 is 1.35 bits per heavy atom. The van der Waals surface area contributed by atoms with Gasteiger partial charge in [0.25, 0.3) is 0 Å². The van der Waals surface area contributed by atoms with E-state index in [0.29, 0.717) is 12.6 Å². The van der Waals surface area contributed by atoms with Crippen LogP contribution in [0.4, 0.5) is 5.69 Å². The second-order valence-electron chi connectivity index (χ2n) is 5.03. The Morgan fingerprint density at radius 2 is 2.20 bits per heavy atom. The number of ether oxygens (including phenoxy) is 1. The minimum atomic E-state index is 0.453. The average molecular weight is 273 g/mol. The van der Waals surface area contributed by atoms with Gasteiger partial charge < -0.3 is 10.1 Å². The zero-order valence-electron chi connectivity index (χ0n) is 12.5. The van der Waals surface area contributed by atoms with E-state index in [1.54, 1.807) is 7.11 Å². The lowest BCUT2D eigenvalue weighted by atomic mass is 10.2. The van der Waals surface area contributed by atoms with Crippen molar-refractivity contribution in [2.24, 2.45) is 0 Å². The number of hydrogen-bond donors (Lipinski definition) is 1. The van der Waals surface area contributed by atoms with Gasteiger partial charge in [-0.1, -0.05) is 19.1 Å². The molecule has 0 bridgehead atoms. The fourth-order valence-corrected chi connectivity index (χ4v) is 2.03. The highest BCUT2D eigenvalue weighted by Crippen LogP contribution is 2.13. The number of methoxy groups -OCH3 is 1. The van der Waals surface area contributed by atoms with Crippen molar-refractivity contribution in [3.05, 3.63) is 47.8 Å². The van der Waals surface area contributed by atoms with Crippen LogP contribution in [0.25, 0.3) is 0 Å². The Morgan fingerprint density at radius 3 is 2.95 bits per heavy atom. The molecular formula is C16H23N3O.